The Morgan fingerprint density at radius 3 is 2.36 bits per heavy atom. The molecule has 0 aromatic heterocycles. The van der Waals surface area contributed by atoms with Crippen molar-refractivity contribution in [3.05, 3.63) is 10.5 Å². The van der Waals surface area contributed by atoms with Crippen molar-refractivity contribution in [3.8, 4) is 0 Å². The zero-order valence-electron chi connectivity index (χ0n) is 7.88. The van der Waals surface area contributed by atoms with Crippen molar-refractivity contribution in [3.63, 3.8) is 0 Å². The Morgan fingerprint density at radius 1 is 1.00 bits per heavy atom. The Balaban J connectivity index is 2.41. The molecule has 0 bridgehead atoms. The number of rotatable bonds is 0. The number of nitrogens with one attached hydrogen (secondary N) is 1. The molecule has 0 saturated heterocycles. The molecule has 0 aromatic carbocycles. The summed E-state index contributed by atoms with van der Waals surface area (Å²) in [5.41, 5.74) is 0.504. The van der Waals surface area contributed by atoms with E-state index in [9.17, 15) is 13.2 Å². The molecule has 14 heavy (non-hydrogen) atoms. The van der Waals surface area contributed by atoms with Crippen LogP contribution in [0.1, 0.15) is 38.5 Å². The number of hydrogen-bond acceptors (Lipinski definition) is 3. The first kappa shape index (κ1) is 9.71. The second-order valence-corrected chi connectivity index (χ2v) is 5.45. The van der Waals surface area contributed by atoms with E-state index >= 15 is 0 Å². The van der Waals surface area contributed by atoms with E-state index in [4.69, 9.17) is 0 Å². The molecule has 0 spiro atoms. The van der Waals surface area contributed by atoms with Gasteiger partial charge in [-0.25, -0.2) is 13.1 Å². The fraction of sp³-hybridized carbons (Fsp3) is 0.667. The lowest BCUT2D eigenvalue weighted by Gasteiger charge is -2.08. The van der Waals surface area contributed by atoms with Gasteiger partial charge in [0.25, 0.3) is 15.9 Å². The second kappa shape index (κ2) is 3.38. The predicted molar refractivity (Wildman–Crippen MR) is 51.8 cm³/mol. The summed E-state index contributed by atoms with van der Waals surface area (Å²) in [4.78, 5) is 11.7. The number of allylic oxidation sites excluding steroid dienone is 1. The standard InChI is InChI=1S/C9H13NO3S/c11-9-7-5-3-1-2-4-6-8(7)14(12,13)10-9/h1-6H2,(H,10,11). The molecule has 2 aliphatic rings. The summed E-state index contributed by atoms with van der Waals surface area (Å²) >= 11 is 0. The Morgan fingerprint density at radius 2 is 1.64 bits per heavy atom. The summed E-state index contributed by atoms with van der Waals surface area (Å²) in [5, 5.41) is 0. The largest absolute Gasteiger partial charge is 0.269 e. The Hall–Kier alpha value is -0.840. The highest BCUT2D eigenvalue weighted by molar-refractivity contribution is 7.94. The third kappa shape index (κ3) is 1.56. The van der Waals surface area contributed by atoms with Gasteiger partial charge in [-0.2, -0.15) is 0 Å². The van der Waals surface area contributed by atoms with E-state index in [1.807, 2.05) is 4.72 Å². The van der Waals surface area contributed by atoms with Crippen LogP contribution in [0.15, 0.2) is 10.5 Å². The average Bonchev–Trinajstić information content (AvgIpc) is 2.19. The summed E-state index contributed by atoms with van der Waals surface area (Å²) in [7, 11) is -3.46. The van der Waals surface area contributed by atoms with E-state index in [1.54, 1.807) is 0 Å². The van der Waals surface area contributed by atoms with Gasteiger partial charge in [0.1, 0.15) is 0 Å². The van der Waals surface area contributed by atoms with Crippen molar-refractivity contribution in [2.24, 2.45) is 0 Å². The quantitative estimate of drug-likeness (QED) is 0.657. The molecule has 1 N–H and O–H groups in total. The van der Waals surface area contributed by atoms with Crippen molar-refractivity contribution in [2.75, 3.05) is 0 Å². The van der Waals surface area contributed by atoms with Crippen LogP contribution < -0.4 is 4.72 Å². The van der Waals surface area contributed by atoms with Crippen molar-refractivity contribution >= 4 is 15.9 Å². The number of sulfonamides is 1. The lowest BCUT2D eigenvalue weighted by molar-refractivity contribution is -0.115. The summed E-state index contributed by atoms with van der Waals surface area (Å²) in [6.45, 7) is 0. The molecular formula is C9H13NO3S. The van der Waals surface area contributed by atoms with E-state index < -0.39 is 15.9 Å². The van der Waals surface area contributed by atoms with Crippen LogP contribution in [-0.2, 0) is 14.8 Å². The molecule has 0 unspecified atom stereocenters. The van der Waals surface area contributed by atoms with Crippen LogP contribution in [0.4, 0.5) is 0 Å². The third-order valence-electron chi connectivity index (χ3n) is 2.74. The second-order valence-electron chi connectivity index (χ2n) is 3.75. The van der Waals surface area contributed by atoms with Gasteiger partial charge in [-0.15, -0.1) is 0 Å². The monoisotopic (exact) mass is 215 g/mol. The van der Waals surface area contributed by atoms with E-state index in [-0.39, 0.29) is 0 Å². The van der Waals surface area contributed by atoms with Gasteiger partial charge in [-0.3, -0.25) is 4.79 Å². The molecule has 0 atom stereocenters. The zero-order chi connectivity index (χ0) is 10.2. The third-order valence-corrected chi connectivity index (χ3v) is 4.30. The minimum absolute atomic E-state index is 0.349. The molecule has 0 fully saturated rings. The zero-order valence-corrected chi connectivity index (χ0v) is 8.69. The molecular weight excluding hydrogens is 202 g/mol. The van der Waals surface area contributed by atoms with Crippen LogP contribution in [0, 0.1) is 0 Å². The maximum atomic E-state index is 11.5. The molecule has 1 aliphatic heterocycles. The number of amides is 1. The molecule has 1 heterocycles. The SMILES string of the molecule is O=C1NS(=O)(=O)C2=C1CCCCCC2. The lowest BCUT2D eigenvalue weighted by atomic mass is 9.99. The van der Waals surface area contributed by atoms with Crippen LogP contribution in [0.25, 0.3) is 0 Å². The maximum Gasteiger partial charge on any atom is 0.261 e. The topological polar surface area (TPSA) is 63.2 Å². The molecule has 4 nitrogen and oxygen atoms in total. The van der Waals surface area contributed by atoms with Gasteiger partial charge in [-0.05, 0) is 25.7 Å². The first-order valence-electron chi connectivity index (χ1n) is 4.90. The fourth-order valence-electron chi connectivity index (χ4n) is 2.01. The summed E-state index contributed by atoms with van der Waals surface area (Å²) in [5.74, 6) is -0.401. The average molecular weight is 215 g/mol. The van der Waals surface area contributed by atoms with Gasteiger partial charge in [-0.1, -0.05) is 12.8 Å². The first-order valence-corrected chi connectivity index (χ1v) is 6.39. The van der Waals surface area contributed by atoms with Gasteiger partial charge in [0.05, 0.1) is 4.91 Å². The highest BCUT2D eigenvalue weighted by Gasteiger charge is 2.34. The van der Waals surface area contributed by atoms with Crippen molar-refractivity contribution in [1.29, 1.82) is 0 Å². The van der Waals surface area contributed by atoms with Gasteiger partial charge in [0.15, 0.2) is 0 Å². The predicted octanol–water partition coefficient (Wildman–Crippen LogP) is 1.05. The molecule has 2 rings (SSSR count). The molecule has 1 amide bonds. The van der Waals surface area contributed by atoms with Gasteiger partial charge in [0.2, 0.25) is 0 Å². The van der Waals surface area contributed by atoms with Crippen molar-refractivity contribution in [1.82, 2.24) is 4.72 Å². The smallest absolute Gasteiger partial charge is 0.261 e. The van der Waals surface area contributed by atoms with Gasteiger partial charge in [0, 0.05) is 5.57 Å². The van der Waals surface area contributed by atoms with E-state index in [0.29, 0.717) is 23.3 Å². The van der Waals surface area contributed by atoms with Crippen LogP contribution in [0.3, 0.4) is 0 Å². The van der Waals surface area contributed by atoms with Crippen LogP contribution >= 0.6 is 0 Å². The number of carbonyl (C=O) groups excluding carboxylic acids is 1. The number of carbonyl (C=O) groups is 1. The molecule has 1 aliphatic carbocycles. The van der Waals surface area contributed by atoms with Crippen LogP contribution in [0.2, 0.25) is 0 Å². The molecule has 5 heteroatoms. The Kier molecular flexibility index (Phi) is 2.34. The fourth-order valence-corrected chi connectivity index (χ4v) is 3.44. The highest BCUT2D eigenvalue weighted by Crippen LogP contribution is 2.30. The Bertz CT molecular complexity index is 394. The molecule has 78 valence electrons. The van der Waals surface area contributed by atoms with E-state index in [0.717, 1.165) is 25.7 Å². The van der Waals surface area contributed by atoms with E-state index in [2.05, 4.69) is 0 Å². The summed E-state index contributed by atoms with van der Waals surface area (Å²) in [6.07, 6.45) is 5.07. The van der Waals surface area contributed by atoms with Gasteiger partial charge < -0.3 is 0 Å². The van der Waals surface area contributed by atoms with Crippen molar-refractivity contribution in [2.45, 2.75) is 38.5 Å². The molecule has 0 radical (unpaired) electrons. The lowest BCUT2D eigenvalue weighted by Crippen LogP contribution is -2.23. The molecule has 0 aromatic rings. The Labute approximate surface area is 83.4 Å². The van der Waals surface area contributed by atoms with Crippen LogP contribution in [0.5, 0.6) is 0 Å². The number of hydrogen-bond donors (Lipinski definition) is 1. The van der Waals surface area contributed by atoms with Gasteiger partial charge >= 0.3 is 0 Å². The minimum Gasteiger partial charge on any atom is -0.269 e. The summed E-state index contributed by atoms with van der Waals surface area (Å²) in [6, 6.07) is 0. The normalized spacial score (nSPS) is 26.4. The summed E-state index contributed by atoms with van der Waals surface area (Å²) < 4.78 is 25.0. The minimum atomic E-state index is -3.46. The molecule has 0 saturated carbocycles. The van der Waals surface area contributed by atoms with Crippen LogP contribution in [-0.4, -0.2) is 14.3 Å². The van der Waals surface area contributed by atoms with E-state index in [1.165, 1.54) is 0 Å². The maximum absolute atomic E-state index is 11.5. The first-order chi connectivity index (χ1) is 6.61. The van der Waals surface area contributed by atoms with Crippen molar-refractivity contribution < 1.29 is 13.2 Å². The highest BCUT2D eigenvalue weighted by atomic mass is 32.2.